The van der Waals surface area contributed by atoms with Crippen molar-refractivity contribution >= 4 is 39.4 Å². The van der Waals surface area contributed by atoms with Gasteiger partial charge in [-0.15, -0.1) is 0 Å². The summed E-state index contributed by atoms with van der Waals surface area (Å²) in [5.74, 6) is -1.00. The molecule has 6 rings (SSSR count). The number of fused-ring (bicyclic) bond motifs is 2. The van der Waals surface area contributed by atoms with E-state index < -0.39 is 5.97 Å². The summed E-state index contributed by atoms with van der Waals surface area (Å²) in [5, 5.41) is 14.5. The van der Waals surface area contributed by atoms with Crippen molar-refractivity contribution in [1.82, 2.24) is 9.13 Å². The van der Waals surface area contributed by atoms with E-state index in [1.165, 1.54) is 12.3 Å². The van der Waals surface area contributed by atoms with Crippen LogP contribution < -0.4 is 5.32 Å². The summed E-state index contributed by atoms with van der Waals surface area (Å²) in [5.41, 5.74) is 7.61. The molecule has 6 aromatic rings. The van der Waals surface area contributed by atoms with Crippen molar-refractivity contribution in [3.63, 3.8) is 0 Å². The highest BCUT2D eigenvalue weighted by Crippen LogP contribution is 2.29. The van der Waals surface area contributed by atoms with Crippen LogP contribution in [0.2, 0.25) is 0 Å². The van der Waals surface area contributed by atoms with Crippen LogP contribution in [0, 0.1) is 0 Å². The van der Waals surface area contributed by atoms with Gasteiger partial charge in [0.25, 0.3) is 0 Å². The predicted octanol–water partition coefficient (Wildman–Crippen LogP) is 7.02. The third kappa shape index (κ3) is 5.05. The summed E-state index contributed by atoms with van der Waals surface area (Å²) in [6, 6.07) is 32.2. The number of anilines is 1. The van der Waals surface area contributed by atoms with Crippen LogP contribution in [0.3, 0.4) is 0 Å². The number of carboxylic acids is 1. The second kappa shape index (κ2) is 9.99. The molecule has 0 saturated carbocycles. The van der Waals surface area contributed by atoms with Crippen molar-refractivity contribution in [1.29, 1.82) is 0 Å². The van der Waals surface area contributed by atoms with Crippen molar-refractivity contribution in [3.8, 4) is 11.1 Å². The number of hydrogen-bond donors (Lipinski definition) is 2. The van der Waals surface area contributed by atoms with Gasteiger partial charge in [0.05, 0.1) is 5.56 Å². The zero-order valence-electron chi connectivity index (χ0n) is 21.5. The van der Waals surface area contributed by atoms with E-state index in [-0.39, 0.29) is 5.91 Å². The topological polar surface area (TPSA) is 76.3 Å². The maximum atomic E-state index is 11.5. The first-order valence-corrected chi connectivity index (χ1v) is 12.8. The van der Waals surface area contributed by atoms with E-state index in [2.05, 4.69) is 75.2 Å². The third-order valence-corrected chi connectivity index (χ3v) is 7.01. The fourth-order valence-corrected chi connectivity index (χ4v) is 5.15. The fraction of sp³-hybridized carbons (Fsp3) is 0.0909. The lowest BCUT2D eigenvalue weighted by molar-refractivity contribution is -0.114. The molecule has 192 valence electrons. The number of aromatic carboxylic acids is 1. The van der Waals surface area contributed by atoms with E-state index >= 15 is 0 Å². The van der Waals surface area contributed by atoms with Gasteiger partial charge in [-0.1, -0.05) is 48.5 Å². The number of amides is 1. The number of carboxylic acid groups (broad SMARTS) is 1. The summed E-state index contributed by atoms with van der Waals surface area (Å²) >= 11 is 0. The fourth-order valence-electron chi connectivity index (χ4n) is 5.15. The molecule has 2 heterocycles. The van der Waals surface area contributed by atoms with Crippen molar-refractivity contribution in [2.45, 2.75) is 20.0 Å². The first kappa shape index (κ1) is 24.2. The Hall–Kier alpha value is -5.10. The van der Waals surface area contributed by atoms with E-state index in [1.54, 1.807) is 18.2 Å². The minimum Gasteiger partial charge on any atom is -0.478 e. The van der Waals surface area contributed by atoms with Gasteiger partial charge in [0, 0.05) is 49.1 Å². The number of aromatic nitrogens is 2. The Morgan fingerprint density at radius 1 is 0.692 bits per heavy atom. The Balaban J connectivity index is 1.32. The van der Waals surface area contributed by atoms with Crippen LogP contribution in [0.5, 0.6) is 0 Å². The third-order valence-electron chi connectivity index (χ3n) is 7.01. The number of carbonyl (C=O) groups is 2. The standard InChI is InChI=1S/C33H27N3O3/c1-22(37)34-30-7-3-5-24(17-30)21-36-15-13-26-9-11-28(19-32(26)36)27-10-8-25-12-14-35(31(25)18-27)20-23-4-2-6-29(16-23)33(38)39/h2-19H,20-21H2,1H3,(H,34,37)(H,38,39). The smallest absolute Gasteiger partial charge is 0.335 e. The van der Waals surface area contributed by atoms with Gasteiger partial charge in [0.2, 0.25) is 5.91 Å². The molecule has 39 heavy (non-hydrogen) atoms. The second-order valence-electron chi connectivity index (χ2n) is 9.82. The zero-order valence-corrected chi connectivity index (χ0v) is 21.5. The number of rotatable bonds is 7. The van der Waals surface area contributed by atoms with Gasteiger partial charge in [0.15, 0.2) is 0 Å². The van der Waals surface area contributed by atoms with Gasteiger partial charge in [-0.2, -0.15) is 0 Å². The molecule has 0 aliphatic rings. The quantitative estimate of drug-likeness (QED) is 0.241. The summed E-state index contributed by atoms with van der Waals surface area (Å²) in [6.07, 6.45) is 4.14. The monoisotopic (exact) mass is 513 g/mol. The lowest BCUT2D eigenvalue weighted by atomic mass is 10.0. The molecule has 0 unspecified atom stereocenters. The molecule has 0 atom stereocenters. The Morgan fingerprint density at radius 3 is 1.82 bits per heavy atom. The van der Waals surface area contributed by atoms with Crippen molar-refractivity contribution < 1.29 is 14.7 Å². The van der Waals surface area contributed by atoms with Crippen LogP contribution in [-0.2, 0) is 17.9 Å². The molecule has 2 N–H and O–H groups in total. The van der Waals surface area contributed by atoms with Crippen molar-refractivity contribution in [2.24, 2.45) is 0 Å². The van der Waals surface area contributed by atoms with Gasteiger partial charge in [-0.3, -0.25) is 4.79 Å². The Bertz CT molecular complexity index is 1860. The molecule has 0 saturated heterocycles. The van der Waals surface area contributed by atoms with E-state index in [4.69, 9.17) is 0 Å². The van der Waals surface area contributed by atoms with E-state index in [0.717, 1.165) is 44.4 Å². The van der Waals surface area contributed by atoms with Crippen LogP contribution in [-0.4, -0.2) is 26.1 Å². The lowest BCUT2D eigenvalue weighted by Crippen LogP contribution is -2.06. The summed E-state index contributed by atoms with van der Waals surface area (Å²) in [7, 11) is 0. The average molecular weight is 514 g/mol. The normalized spacial score (nSPS) is 11.2. The van der Waals surface area contributed by atoms with E-state index in [1.807, 2.05) is 30.5 Å². The van der Waals surface area contributed by atoms with E-state index in [0.29, 0.717) is 18.7 Å². The molecule has 4 aromatic carbocycles. The molecular weight excluding hydrogens is 486 g/mol. The van der Waals surface area contributed by atoms with Crippen LogP contribution in [0.15, 0.2) is 109 Å². The van der Waals surface area contributed by atoms with Gasteiger partial charge < -0.3 is 19.6 Å². The molecule has 1 amide bonds. The van der Waals surface area contributed by atoms with Crippen LogP contribution in [0.1, 0.15) is 28.4 Å². The number of nitrogens with zero attached hydrogens (tertiary/aromatic N) is 2. The first-order valence-electron chi connectivity index (χ1n) is 12.8. The lowest BCUT2D eigenvalue weighted by Gasteiger charge is -2.11. The number of carbonyl (C=O) groups excluding carboxylic acids is 1. The van der Waals surface area contributed by atoms with Gasteiger partial charge in [-0.05, 0) is 81.6 Å². The summed E-state index contributed by atoms with van der Waals surface area (Å²) < 4.78 is 4.38. The molecule has 2 aromatic heterocycles. The summed E-state index contributed by atoms with van der Waals surface area (Å²) in [6.45, 7) is 2.80. The van der Waals surface area contributed by atoms with E-state index in [9.17, 15) is 14.7 Å². The maximum Gasteiger partial charge on any atom is 0.335 e. The van der Waals surface area contributed by atoms with Crippen LogP contribution >= 0.6 is 0 Å². The van der Waals surface area contributed by atoms with Crippen molar-refractivity contribution in [3.05, 3.63) is 126 Å². The first-order chi connectivity index (χ1) is 18.9. The van der Waals surface area contributed by atoms with Gasteiger partial charge >= 0.3 is 5.97 Å². The summed E-state index contributed by atoms with van der Waals surface area (Å²) in [4.78, 5) is 22.9. The van der Waals surface area contributed by atoms with Crippen LogP contribution in [0.25, 0.3) is 32.9 Å². The second-order valence-corrected chi connectivity index (χ2v) is 9.82. The molecule has 0 radical (unpaired) electrons. The Labute approximate surface area is 225 Å². The molecule has 6 nitrogen and oxygen atoms in total. The van der Waals surface area contributed by atoms with Crippen molar-refractivity contribution in [2.75, 3.05) is 5.32 Å². The highest BCUT2D eigenvalue weighted by atomic mass is 16.4. The molecule has 0 fully saturated rings. The molecule has 0 spiro atoms. The minimum atomic E-state index is -0.919. The number of benzene rings is 4. The molecule has 0 aliphatic carbocycles. The average Bonchev–Trinajstić information content (AvgIpc) is 3.52. The molecule has 0 bridgehead atoms. The highest BCUT2D eigenvalue weighted by molar-refractivity contribution is 5.90. The predicted molar refractivity (Wildman–Crippen MR) is 155 cm³/mol. The highest BCUT2D eigenvalue weighted by Gasteiger charge is 2.10. The largest absolute Gasteiger partial charge is 0.478 e. The number of nitrogens with one attached hydrogen (secondary N) is 1. The zero-order chi connectivity index (χ0) is 26.9. The molecular formula is C33H27N3O3. The maximum absolute atomic E-state index is 11.5. The molecule has 0 aliphatic heterocycles. The Morgan fingerprint density at radius 2 is 1.26 bits per heavy atom. The SMILES string of the molecule is CC(=O)Nc1cccc(Cn2ccc3ccc(-c4ccc5ccn(Cc6cccc(C(=O)O)c6)c5c4)cc32)c1. The minimum absolute atomic E-state index is 0.0832. The molecule has 6 heteroatoms. The van der Waals surface area contributed by atoms with Crippen LogP contribution in [0.4, 0.5) is 5.69 Å². The van der Waals surface area contributed by atoms with Gasteiger partial charge in [0.1, 0.15) is 0 Å². The van der Waals surface area contributed by atoms with Gasteiger partial charge in [-0.25, -0.2) is 4.79 Å². The Kier molecular flexibility index (Phi) is 6.21. The number of hydrogen-bond acceptors (Lipinski definition) is 2.